The van der Waals surface area contributed by atoms with Crippen LogP contribution < -0.4 is 0 Å². The zero-order valence-corrected chi connectivity index (χ0v) is 7.96. The van der Waals surface area contributed by atoms with Gasteiger partial charge in [0, 0.05) is 22.3 Å². The van der Waals surface area contributed by atoms with Crippen LogP contribution in [0.15, 0.2) is 12.3 Å². The van der Waals surface area contributed by atoms with E-state index in [1.807, 2.05) is 19.9 Å². The van der Waals surface area contributed by atoms with E-state index in [9.17, 15) is 0 Å². The molecule has 3 heteroatoms. The molecule has 0 aromatic carbocycles. The highest BCUT2D eigenvalue weighted by Crippen LogP contribution is 2.16. The molecule has 1 aromatic rings. The summed E-state index contributed by atoms with van der Waals surface area (Å²) in [6.45, 7) is 3.74. The molecule has 0 saturated heterocycles. The Kier molecular flexibility index (Phi) is 2.58. The SMILES string of the molecule is CC(=S)c1cnc(C)cc1Cl. The Hall–Kier alpha value is -0.470. The third-order valence-electron chi connectivity index (χ3n) is 1.37. The summed E-state index contributed by atoms with van der Waals surface area (Å²) in [5.74, 6) is 0. The van der Waals surface area contributed by atoms with Gasteiger partial charge < -0.3 is 0 Å². The standard InChI is InChI=1S/C8H8ClNS/c1-5-3-8(9)7(4-10-5)6(2)11/h3-4H,1-2H3. The normalized spacial score (nSPS) is 9.73. The lowest BCUT2D eigenvalue weighted by Gasteiger charge is -2.00. The molecule has 0 aliphatic rings. The van der Waals surface area contributed by atoms with Crippen LogP contribution in [0.2, 0.25) is 5.02 Å². The molecule has 0 aliphatic carbocycles. The molecule has 0 unspecified atom stereocenters. The molecule has 0 aliphatic heterocycles. The molecular weight excluding hydrogens is 178 g/mol. The maximum atomic E-state index is 5.90. The average Bonchev–Trinajstić information content (AvgIpc) is 1.85. The first-order chi connectivity index (χ1) is 5.11. The summed E-state index contributed by atoms with van der Waals surface area (Å²) < 4.78 is 0. The van der Waals surface area contributed by atoms with Gasteiger partial charge in [-0.2, -0.15) is 0 Å². The number of hydrogen-bond acceptors (Lipinski definition) is 2. The lowest BCUT2D eigenvalue weighted by Crippen LogP contribution is -1.94. The van der Waals surface area contributed by atoms with E-state index < -0.39 is 0 Å². The van der Waals surface area contributed by atoms with Crippen molar-refractivity contribution in [3.05, 3.63) is 28.5 Å². The molecule has 0 fully saturated rings. The Morgan fingerprint density at radius 1 is 1.64 bits per heavy atom. The summed E-state index contributed by atoms with van der Waals surface area (Å²) in [4.78, 5) is 4.87. The van der Waals surface area contributed by atoms with Crippen molar-refractivity contribution in [3.63, 3.8) is 0 Å². The fourth-order valence-electron chi connectivity index (χ4n) is 0.786. The predicted molar refractivity (Wildman–Crippen MR) is 51.4 cm³/mol. The maximum absolute atomic E-state index is 5.90. The Balaban J connectivity index is 3.20. The summed E-state index contributed by atoms with van der Waals surface area (Å²) in [5.41, 5.74) is 1.77. The average molecular weight is 186 g/mol. The number of thiocarbonyl (C=S) groups is 1. The monoisotopic (exact) mass is 185 g/mol. The van der Waals surface area contributed by atoms with E-state index in [1.54, 1.807) is 6.20 Å². The van der Waals surface area contributed by atoms with Crippen LogP contribution in [0.25, 0.3) is 0 Å². The topological polar surface area (TPSA) is 12.9 Å². The quantitative estimate of drug-likeness (QED) is 0.493. The molecular formula is C8H8ClNS. The fourth-order valence-corrected chi connectivity index (χ4v) is 1.35. The van der Waals surface area contributed by atoms with E-state index >= 15 is 0 Å². The Morgan fingerprint density at radius 3 is 2.73 bits per heavy atom. The van der Waals surface area contributed by atoms with Crippen molar-refractivity contribution in [1.29, 1.82) is 0 Å². The highest BCUT2D eigenvalue weighted by atomic mass is 35.5. The van der Waals surface area contributed by atoms with Crippen LogP contribution in [0, 0.1) is 6.92 Å². The number of aryl methyl sites for hydroxylation is 1. The van der Waals surface area contributed by atoms with E-state index in [2.05, 4.69) is 4.98 Å². The van der Waals surface area contributed by atoms with Crippen LogP contribution in [0.3, 0.4) is 0 Å². The third kappa shape index (κ3) is 1.98. The van der Waals surface area contributed by atoms with Crippen molar-refractivity contribution < 1.29 is 0 Å². The first kappa shape index (κ1) is 8.62. The van der Waals surface area contributed by atoms with Gasteiger partial charge in [0.05, 0.1) is 5.02 Å². The second-order valence-electron chi connectivity index (χ2n) is 2.36. The van der Waals surface area contributed by atoms with Gasteiger partial charge in [0.25, 0.3) is 0 Å². The molecule has 0 spiro atoms. The molecule has 0 saturated carbocycles. The van der Waals surface area contributed by atoms with E-state index in [1.165, 1.54) is 0 Å². The molecule has 1 aromatic heterocycles. The molecule has 0 atom stereocenters. The van der Waals surface area contributed by atoms with Crippen molar-refractivity contribution in [2.24, 2.45) is 0 Å². The van der Waals surface area contributed by atoms with Gasteiger partial charge in [0.15, 0.2) is 0 Å². The molecule has 58 valence electrons. The van der Waals surface area contributed by atoms with E-state index in [0.29, 0.717) is 5.02 Å². The lowest BCUT2D eigenvalue weighted by molar-refractivity contribution is 1.20. The summed E-state index contributed by atoms with van der Waals surface area (Å²) in [6.07, 6.45) is 1.71. The summed E-state index contributed by atoms with van der Waals surface area (Å²) >= 11 is 10.9. The van der Waals surface area contributed by atoms with Crippen molar-refractivity contribution in [2.45, 2.75) is 13.8 Å². The second kappa shape index (κ2) is 3.28. The number of aromatic nitrogens is 1. The van der Waals surface area contributed by atoms with Crippen LogP contribution >= 0.6 is 23.8 Å². The number of rotatable bonds is 1. The lowest BCUT2D eigenvalue weighted by atomic mass is 10.2. The first-order valence-corrected chi connectivity index (χ1v) is 4.03. The highest BCUT2D eigenvalue weighted by Gasteiger charge is 2.01. The first-order valence-electron chi connectivity index (χ1n) is 3.24. The molecule has 0 radical (unpaired) electrons. The van der Waals surface area contributed by atoms with Crippen LogP contribution in [0.5, 0.6) is 0 Å². The van der Waals surface area contributed by atoms with Gasteiger partial charge in [-0.05, 0) is 19.9 Å². The van der Waals surface area contributed by atoms with E-state index in [-0.39, 0.29) is 0 Å². The zero-order valence-electron chi connectivity index (χ0n) is 6.39. The smallest absolute Gasteiger partial charge is 0.0522 e. The minimum Gasteiger partial charge on any atom is -0.261 e. The minimum atomic E-state index is 0.685. The number of hydrogen-bond donors (Lipinski definition) is 0. The van der Waals surface area contributed by atoms with Crippen LogP contribution in [0.1, 0.15) is 18.2 Å². The summed E-state index contributed by atoms with van der Waals surface area (Å²) in [5, 5.41) is 0.685. The van der Waals surface area contributed by atoms with Crippen molar-refractivity contribution in [1.82, 2.24) is 4.98 Å². The second-order valence-corrected chi connectivity index (χ2v) is 3.38. The molecule has 0 bridgehead atoms. The van der Waals surface area contributed by atoms with Gasteiger partial charge in [0.1, 0.15) is 0 Å². The van der Waals surface area contributed by atoms with Crippen molar-refractivity contribution in [2.75, 3.05) is 0 Å². The number of nitrogens with zero attached hydrogens (tertiary/aromatic N) is 1. The van der Waals surface area contributed by atoms with E-state index in [0.717, 1.165) is 16.1 Å². The van der Waals surface area contributed by atoms with Crippen LogP contribution in [0.4, 0.5) is 0 Å². The van der Waals surface area contributed by atoms with Crippen LogP contribution in [-0.2, 0) is 0 Å². The zero-order chi connectivity index (χ0) is 8.43. The van der Waals surface area contributed by atoms with Gasteiger partial charge >= 0.3 is 0 Å². The van der Waals surface area contributed by atoms with Gasteiger partial charge in [-0.15, -0.1) is 0 Å². The van der Waals surface area contributed by atoms with Gasteiger partial charge in [-0.1, -0.05) is 23.8 Å². The number of pyridine rings is 1. The molecule has 0 N–H and O–H groups in total. The van der Waals surface area contributed by atoms with Gasteiger partial charge in [0.2, 0.25) is 0 Å². The third-order valence-corrected chi connectivity index (χ3v) is 1.90. The Morgan fingerprint density at radius 2 is 2.27 bits per heavy atom. The van der Waals surface area contributed by atoms with Crippen LogP contribution in [-0.4, -0.2) is 9.85 Å². The molecule has 1 rings (SSSR count). The van der Waals surface area contributed by atoms with Crippen molar-refractivity contribution >= 4 is 28.7 Å². The highest BCUT2D eigenvalue weighted by molar-refractivity contribution is 7.80. The number of halogens is 1. The largest absolute Gasteiger partial charge is 0.261 e. The molecule has 11 heavy (non-hydrogen) atoms. The Labute approximate surface area is 76.4 Å². The molecule has 1 nitrogen and oxygen atoms in total. The van der Waals surface area contributed by atoms with Gasteiger partial charge in [-0.3, -0.25) is 4.98 Å². The molecule has 1 heterocycles. The predicted octanol–water partition coefficient (Wildman–Crippen LogP) is 2.78. The summed E-state index contributed by atoms with van der Waals surface area (Å²) in [7, 11) is 0. The maximum Gasteiger partial charge on any atom is 0.0522 e. The fraction of sp³-hybridized carbons (Fsp3) is 0.250. The molecule has 0 amide bonds. The van der Waals surface area contributed by atoms with Crippen molar-refractivity contribution in [3.8, 4) is 0 Å². The van der Waals surface area contributed by atoms with Gasteiger partial charge in [-0.25, -0.2) is 0 Å². The van der Waals surface area contributed by atoms with E-state index in [4.69, 9.17) is 23.8 Å². The summed E-state index contributed by atoms with van der Waals surface area (Å²) in [6, 6.07) is 1.81. The minimum absolute atomic E-state index is 0.685. The Bertz CT molecular complexity index is 296.